The summed E-state index contributed by atoms with van der Waals surface area (Å²) in [5, 5.41) is 0.136. The van der Waals surface area contributed by atoms with Gasteiger partial charge in [-0.3, -0.25) is 0 Å². The van der Waals surface area contributed by atoms with E-state index >= 15 is 0 Å². The molecular weight excluding hydrogens is 264 g/mol. The molecule has 0 atom stereocenters. The van der Waals surface area contributed by atoms with Crippen molar-refractivity contribution in [1.29, 1.82) is 0 Å². The molecule has 1 aromatic carbocycles. The minimum absolute atomic E-state index is 0.136. The topological polar surface area (TPSA) is 70.5 Å². The molecule has 0 aliphatic rings. The normalized spacial score (nSPS) is 12.5. The summed E-state index contributed by atoms with van der Waals surface area (Å²) < 4.78 is 10.9. The lowest BCUT2D eigenvalue weighted by Crippen LogP contribution is -2.02. The first-order valence-corrected chi connectivity index (χ1v) is 6.39. The average molecular weight is 283 g/mol. The van der Waals surface area contributed by atoms with Gasteiger partial charge >= 0.3 is 0 Å². The maximum atomic E-state index is 5.52. The number of hydrogen-bond acceptors (Lipinski definition) is 4. The number of ether oxygens (including phenoxy) is 2. The molecule has 0 aromatic heterocycles. The summed E-state index contributed by atoms with van der Waals surface area (Å²) in [4.78, 5) is 0. The second kappa shape index (κ2) is 9.30. The molecule has 0 saturated heterocycles. The van der Waals surface area contributed by atoms with Crippen molar-refractivity contribution in [3.8, 4) is 0 Å². The maximum Gasteiger partial charge on any atom is 0.137 e. The van der Waals surface area contributed by atoms with Crippen LogP contribution in [-0.2, 0) is 16.1 Å². The van der Waals surface area contributed by atoms with Crippen LogP contribution in [0.25, 0.3) is 0 Å². The fraction of sp³-hybridized carbons (Fsp3) is 0.286. The van der Waals surface area contributed by atoms with Crippen molar-refractivity contribution < 1.29 is 9.47 Å². The highest BCUT2D eigenvalue weighted by molar-refractivity contribution is 6.29. The third kappa shape index (κ3) is 7.39. The molecule has 0 bridgehead atoms. The first-order valence-electron chi connectivity index (χ1n) is 6.01. The number of rotatable bonds is 8. The molecule has 0 aliphatic carbocycles. The van der Waals surface area contributed by atoms with Crippen LogP contribution in [0, 0.1) is 0 Å². The summed E-state index contributed by atoms with van der Waals surface area (Å²) in [6.07, 6.45) is 3.55. The van der Waals surface area contributed by atoms with Gasteiger partial charge in [0.15, 0.2) is 0 Å². The standard InChI is InChI=1S/C14H19ClN2O2/c15-14(17)9-13(10-16)19-8-4-7-18-11-12-5-2-1-3-6-12/h1-3,5-6,9-10H,4,7-8,11,16-17H2/b13-10+,14-9-. The van der Waals surface area contributed by atoms with Gasteiger partial charge in [0.2, 0.25) is 0 Å². The van der Waals surface area contributed by atoms with E-state index in [0.717, 1.165) is 12.0 Å². The summed E-state index contributed by atoms with van der Waals surface area (Å²) in [7, 11) is 0. The molecule has 1 aromatic rings. The van der Waals surface area contributed by atoms with Gasteiger partial charge in [0.25, 0.3) is 0 Å². The molecule has 104 valence electrons. The highest BCUT2D eigenvalue weighted by Gasteiger charge is 1.96. The zero-order valence-electron chi connectivity index (χ0n) is 10.7. The predicted octanol–water partition coefficient (Wildman–Crippen LogP) is 2.45. The van der Waals surface area contributed by atoms with Crippen molar-refractivity contribution in [2.24, 2.45) is 11.5 Å². The molecule has 0 aliphatic heterocycles. The van der Waals surface area contributed by atoms with E-state index in [4.69, 9.17) is 32.5 Å². The van der Waals surface area contributed by atoms with Crippen LogP contribution < -0.4 is 11.5 Å². The Morgan fingerprint density at radius 1 is 1.21 bits per heavy atom. The second-order valence-corrected chi connectivity index (χ2v) is 4.27. The monoisotopic (exact) mass is 282 g/mol. The lowest BCUT2D eigenvalue weighted by Gasteiger charge is -2.07. The minimum Gasteiger partial charge on any atom is -0.492 e. The van der Waals surface area contributed by atoms with Gasteiger partial charge in [0, 0.05) is 18.7 Å². The van der Waals surface area contributed by atoms with Crippen molar-refractivity contribution >= 4 is 11.6 Å². The maximum absolute atomic E-state index is 5.52. The van der Waals surface area contributed by atoms with Gasteiger partial charge in [0.05, 0.1) is 19.8 Å². The van der Waals surface area contributed by atoms with Crippen LogP contribution in [-0.4, -0.2) is 13.2 Å². The Hall–Kier alpha value is -1.65. The van der Waals surface area contributed by atoms with E-state index in [0.29, 0.717) is 25.6 Å². The lowest BCUT2D eigenvalue weighted by molar-refractivity contribution is 0.0974. The van der Waals surface area contributed by atoms with Crippen LogP contribution in [0.2, 0.25) is 0 Å². The molecular formula is C14H19ClN2O2. The van der Waals surface area contributed by atoms with E-state index < -0.39 is 0 Å². The average Bonchev–Trinajstić information content (AvgIpc) is 2.42. The molecule has 0 unspecified atom stereocenters. The first kappa shape index (κ1) is 15.4. The Morgan fingerprint density at radius 3 is 2.58 bits per heavy atom. The van der Waals surface area contributed by atoms with E-state index in [2.05, 4.69) is 0 Å². The van der Waals surface area contributed by atoms with Crippen molar-refractivity contribution in [1.82, 2.24) is 0 Å². The molecule has 0 radical (unpaired) electrons. The van der Waals surface area contributed by atoms with Crippen molar-refractivity contribution in [3.63, 3.8) is 0 Å². The van der Waals surface area contributed by atoms with Crippen molar-refractivity contribution in [2.45, 2.75) is 13.0 Å². The van der Waals surface area contributed by atoms with Crippen molar-refractivity contribution in [2.75, 3.05) is 13.2 Å². The highest BCUT2D eigenvalue weighted by atomic mass is 35.5. The molecule has 0 fully saturated rings. The summed E-state index contributed by atoms with van der Waals surface area (Å²) in [5.41, 5.74) is 11.8. The Kier molecular flexibility index (Phi) is 7.54. The smallest absolute Gasteiger partial charge is 0.137 e. The third-order valence-electron chi connectivity index (χ3n) is 2.26. The molecule has 0 amide bonds. The zero-order chi connectivity index (χ0) is 13.9. The van der Waals surface area contributed by atoms with Gasteiger partial charge in [-0.25, -0.2) is 0 Å². The predicted molar refractivity (Wildman–Crippen MR) is 77.1 cm³/mol. The molecule has 19 heavy (non-hydrogen) atoms. The van der Waals surface area contributed by atoms with E-state index in [1.807, 2.05) is 30.3 Å². The van der Waals surface area contributed by atoms with E-state index in [1.165, 1.54) is 12.3 Å². The SMILES string of the molecule is N/C=C(\C=C(/N)Cl)OCCCOCc1ccccc1. The number of hydrogen-bond donors (Lipinski definition) is 2. The molecule has 0 heterocycles. The van der Waals surface area contributed by atoms with Crippen LogP contribution >= 0.6 is 11.6 Å². The molecule has 4 N–H and O–H groups in total. The van der Waals surface area contributed by atoms with Crippen molar-refractivity contribution in [3.05, 3.63) is 59.1 Å². The summed E-state index contributed by atoms with van der Waals surface area (Å²) >= 11 is 5.52. The Labute approximate surface area is 118 Å². The van der Waals surface area contributed by atoms with Crippen LogP contribution in [0.4, 0.5) is 0 Å². The highest BCUT2D eigenvalue weighted by Crippen LogP contribution is 2.04. The third-order valence-corrected chi connectivity index (χ3v) is 2.37. The lowest BCUT2D eigenvalue weighted by atomic mass is 10.2. The first-order chi connectivity index (χ1) is 9.22. The molecule has 0 saturated carbocycles. The summed E-state index contributed by atoms with van der Waals surface area (Å²) in [6.45, 7) is 1.72. The zero-order valence-corrected chi connectivity index (χ0v) is 11.5. The molecule has 0 spiro atoms. The van der Waals surface area contributed by atoms with E-state index in [9.17, 15) is 0 Å². The number of benzene rings is 1. The molecule has 4 nitrogen and oxygen atoms in total. The second-order valence-electron chi connectivity index (χ2n) is 3.84. The van der Waals surface area contributed by atoms with E-state index in [-0.39, 0.29) is 5.16 Å². The van der Waals surface area contributed by atoms with Gasteiger partial charge in [-0.05, 0) is 5.56 Å². The van der Waals surface area contributed by atoms with Crippen LogP contribution in [0.5, 0.6) is 0 Å². The number of halogens is 1. The van der Waals surface area contributed by atoms with Gasteiger partial charge in [0.1, 0.15) is 10.9 Å². The Balaban J connectivity index is 2.10. The Bertz CT molecular complexity index is 415. The largest absolute Gasteiger partial charge is 0.492 e. The number of nitrogens with two attached hydrogens (primary N) is 2. The van der Waals surface area contributed by atoms with Gasteiger partial charge in [-0.1, -0.05) is 41.9 Å². The fourth-order valence-electron chi connectivity index (χ4n) is 1.39. The van der Waals surface area contributed by atoms with Crippen LogP contribution in [0.1, 0.15) is 12.0 Å². The quantitative estimate of drug-likeness (QED) is 0.332. The fourth-order valence-corrected chi connectivity index (χ4v) is 1.50. The summed E-state index contributed by atoms with van der Waals surface area (Å²) in [5.74, 6) is 0.454. The van der Waals surface area contributed by atoms with Gasteiger partial charge in [-0.2, -0.15) is 0 Å². The van der Waals surface area contributed by atoms with E-state index in [1.54, 1.807) is 0 Å². The summed E-state index contributed by atoms with van der Waals surface area (Å²) in [6, 6.07) is 10.0. The molecule has 5 heteroatoms. The number of allylic oxidation sites excluding steroid dienone is 1. The van der Waals surface area contributed by atoms with Gasteiger partial charge < -0.3 is 20.9 Å². The van der Waals surface area contributed by atoms with Gasteiger partial charge in [-0.15, -0.1) is 0 Å². The van der Waals surface area contributed by atoms with Crippen LogP contribution in [0.15, 0.2) is 53.5 Å². The molecule has 1 rings (SSSR count). The van der Waals surface area contributed by atoms with Crippen LogP contribution in [0.3, 0.4) is 0 Å². The Morgan fingerprint density at radius 2 is 1.95 bits per heavy atom. The minimum atomic E-state index is 0.136.